The fraction of sp³-hybridized carbons (Fsp3) is 0.429. The van der Waals surface area contributed by atoms with Crippen molar-refractivity contribution in [1.29, 1.82) is 0 Å². The van der Waals surface area contributed by atoms with E-state index in [1.165, 1.54) is 0 Å². The van der Waals surface area contributed by atoms with Crippen LogP contribution in [0.3, 0.4) is 0 Å². The van der Waals surface area contributed by atoms with Crippen molar-refractivity contribution in [2.24, 2.45) is 0 Å². The van der Waals surface area contributed by atoms with E-state index < -0.39 is 0 Å². The zero-order chi connectivity index (χ0) is 13.2. The number of nitrogens with one attached hydrogen (secondary N) is 1. The first-order valence-corrected chi connectivity index (χ1v) is 6.96. The average molecular weight is 277 g/mol. The Balaban J connectivity index is 1.81. The lowest BCUT2D eigenvalue weighted by molar-refractivity contribution is 0.263. The van der Waals surface area contributed by atoms with E-state index in [-0.39, 0.29) is 0 Å². The van der Waals surface area contributed by atoms with Gasteiger partial charge in [0.05, 0.1) is 10.5 Å². The molecule has 100 valence electrons. The molecular weight excluding hydrogens is 260 g/mol. The van der Waals surface area contributed by atoms with Crippen LogP contribution in [0.15, 0.2) is 24.4 Å². The first-order valence-electron chi connectivity index (χ1n) is 6.59. The van der Waals surface area contributed by atoms with E-state index in [9.17, 15) is 0 Å². The van der Waals surface area contributed by atoms with E-state index in [0.717, 1.165) is 42.8 Å². The van der Waals surface area contributed by atoms with Gasteiger partial charge in [0.25, 0.3) is 0 Å². The lowest BCUT2D eigenvalue weighted by atomic mass is 10.1. The molecule has 3 rings (SSSR count). The summed E-state index contributed by atoms with van der Waals surface area (Å²) in [5.41, 5.74) is 1.60. The van der Waals surface area contributed by atoms with Gasteiger partial charge in [0.15, 0.2) is 0 Å². The normalized spacial score (nSPS) is 17.8. The number of piperidine rings is 1. The minimum absolute atomic E-state index is 0.480. The molecule has 1 aliphatic rings. The Morgan fingerprint density at radius 3 is 2.95 bits per heavy atom. The van der Waals surface area contributed by atoms with Crippen LogP contribution in [0.4, 0.5) is 5.82 Å². The van der Waals surface area contributed by atoms with Crippen molar-refractivity contribution in [2.75, 3.05) is 25.5 Å². The van der Waals surface area contributed by atoms with Crippen LogP contribution < -0.4 is 5.32 Å². The highest BCUT2D eigenvalue weighted by molar-refractivity contribution is 6.35. The fourth-order valence-corrected chi connectivity index (χ4v) is 2.71. The summed E-state index contributed by atoms with van der Waals surface area (Å²) in [5.74, 6) is 0.847. The highest BCUT2D eigenvalue weighted by atomic mass is 35.5. The third-order valence-electron chi connectivity index (χ3n) is 3.59. The van der Waals surface area contributed by atoms with Gasteiger partial charge in [0.1, 0.15) is 11.3 Å². The SMILES string of the molecule is CN1CCC(Nc2cc(Cl)c3ncccc3n2)CC1. The van der Waals surface area contributed by atoms with E-state index in [0.29, 0.717) is 11.1 Å². The molecule has 5 heteroatoms. The van der Waals surface area contributed by atoms with E-state index in [1.54, 1.807) is 6.20 Å². The van der Waals surface area contributed by atoms with Gasteiger partial charge in [-0.05, 0) is 45.1 Å². The van der Waals surface area contributed by atoms with Gasteiger partial charge in [0, 0.05) is 18.3 Å². The van der Waals surface area contributed by atoms with E-state index in [2.05, 4.69) is 27.2 Å². The zero-order valence-electron chi connectivity index (χ0n) is 10.9. The average Bonchev–Trinajstić information content (AvgIpc) is 2.42. The maximum Gasteiger partial charge on any atom is 0.128 e. The molecule has 0 spiro atoms. The van der Waals surface area contributed by atoms with Crippen LogP contribution in [0.2, 0.25) is 5.02 Å². The number of nitrogens with zero attached hydrogens (tertiary/aromatic N) is 3. The van der Waals surface area contributed by atoms with Gasteiger partial charge in [-0.3, -0.25) is 4.98 Å². The first-order chi connectivity index (χ1) is 9.22. The molecule has 1 fully saturated rings. The van der Waals surface area contributed by atoms with Crippen molar-refractivity contribution in [1.82, 2.24) is 14.9 Å². The molecule has 0 unspecified atom stereocenters. The Labute approximate surface area is 117 Å². The van der Waals surface area contributed by atoms with Crippen molar-refractivity contribution in [3.63, 3.8) is 0 Å². The van der Waals surface area contributed by atoms with Gasteiger partial charge in [0.2, 0.25) is 0 Å². The molecular formula is C14H17ClN4. The zero-order valence-corrected chi connectivity index (χ0v) is 11.7. The lowest BCUT2D eigenvalue weighted by Gasteiger charge is -2.29. The number of halogens is 1. The number of hydrogen-bond acceptors (Lipinski definition) is 4. The van der Waals surface area contributed by atoms with Crippen LogP contribution in [0, 0.1) is 0 Å². The second-order valence-corrected chi connectivity index (χ2v) is 5.49. The van der Waals surface area contributed by atoms with Crippen LogP contribution >= 0.6 is 11.6 Å². The number of pyridine rings is 2. The minimum atomic E-state index is 0.480. The van der Waals surface area contributed by atoms with Gasteiger partial charge in [-0.2, -0.15) is 0 Å². The Morgan fingerprint density at radius 1 is 1.37 bits per heavy atom. The highest BCUT2D eigenvalue weighted by Gasteiger charge is 2.17. The molecule has 1 saturated heterocycles. The monoisotopic (exact) mass is 276 g/mol. The Morgan fingerprint density at radius 2 is 2.16 bits per heavy atom. The predicted octanol–water partition coefficient (Wildman–Crippen LogP) is 2.79. The van der Waals surface area contributed by atoms with Crippen molar-refractivity contribution < 1.29 is 0 Å². The largest absolute Gasteiger partial charge is 0.367 e. The predicted molar refractivity (Wildman–Crippen MR) is 78.7 cm³/mol. The topological polar surface area (TPSA) is 41.0 Å². The quantitative estimate of drug-likeness (QED) is 0.916. The summed E-state index contributed by atoms with van der Waals surface area (Å²) in [4.78, 5) is 11.2. The summed E-state index contributed by atoms with van der Waals surface area (Å²) in [6, 6.07) is 6.17. The molecule has 4 nitrogen and oxygen atoms in total. The van der Waals surface area contributed by atoms with Gasteiger partial charge >= 0.3 is 0 Å². The molecule has 2 aromatic rings. The van der Waals surface area contributed by atoms with E-state index >= 15 is 0 Å². The molecule has 0 saturated carbocycles. The molecule has 19 heavy (non-hydrogen) atoms. The number of aromatic nitrogens is 2. The summed E-state index contributed by atoms with van der Waals surface area (Å²) < 4.78 is 0. The summed E-state index contributed by atoms with van der Waals surface area (Å²) in [6.45, 7) is 2.25. The number of likely N-dealkylation sites (tertiary alicyclic amines) is 1. The van der Waals surface area contributed by atoms with Gasteiger partial charge in [-0.25, -0.2) is 4.98 Å². The van der Waals surface area contributed by atoms with Crippen LogP contribution in [0.1, 0.15) is 12.8 Å². The van der Waals surface area contributed by atoms with Crippen LogP contribution in [-0.4, -0.2) is 41.0 Å². The smallest absolute Gasteiger partial charge is 0.128 e. The third-order valence-corrected chi connectivity index (χ3v) is 3.88. The highest BCUT2D eigenvalue weighted by Crippen LogP contribution is 2.24. The molecule has 3 heterocycles. The minimum Gasteiger partial charge on any atom is -0.367 e. The van der Waals surface area contributed by atoms with Crippen molar-refractivity contribution in [2.45, 2.75) is 18.9 Å². The molecule has 1 aliphatic heterocycles. The van der Waals surface area contributed by atoms with Crippen molar-refractivity contribution in [3.05, 3.63) is 29.4 Å². The second kappa shape index (κ2) is 5.31. The van der Waals surface area contributed by atoms with E-state index in [4.69, 9.17) is 11.6 Å². The van der Waals surface area contributed by atoms with Crippen molar-refractivity contribution >= 4 is 28.5 Å². The number of rotatable bonds is 2. The molecule has 1 N–H and O–H groups in total. The molecule has 0 radical (unpaired) electrons. The third kappa shape index (κ3) is 2.80. The van der Waals surface area contributed by atoms with Gasteiger partial charge < -0.3 is 10.2 Å². The molecule has 2 aromatic heterocycles. The van der Waals surface area contributed by atoms with Crippen LogP contribution in [0.25, 0.3) is 11.0 Å². The Hall–Kier alpha value is -1.39. The number of anilines is 1. The van der Waals surface area contributed by atoms with E-state index in [1.807, 2.05) is 18.2 Å². The summed E-state index contributed by atoms with van der Waals surface area (Å²) >= 11 is 6.25. The van der Waals surface area contributed by atoms with Gasteiger partial charge in [-0.1, -0.05) is 11.6 Å². The lowest BCUT2D eigenvalue weighted by Crippen LogP contribution is -2.36. The maximum atomic E-state index is 6.25. The molecule has 0 aliphatic carbocycles. The first kappa shape index (κ1) is 12.6. The number of hydrogen-bond donors (Lipinski definition) is 1. The fourth-order valence-electron chi connectivity index (χ4n) is 2.46. The summed E-state index contributed by atoms with van der Waals surface area (Å²) in [5, 5.41) is 4.14. The standard InChI is InChI=1S/C14H17ClN4/c1-19-7-4-10(5-8-19)17-13-9-11(15)14-12(18-13)3-2-6-16-14/h2-3,6,9-10H,4-5,7-8H2,1H3,(H,17,18). The molecule has 0 bridgehead atoms. The molecule has 0 atom stereocenters. The Kier molecular flexibility index (Phi) is 3.53. The van der Waals surface area contributed by atoms with Gasteiger partial charge in [-0.15, -0.1) is 0 Å². The van der Waals surface area contributed by atoms with Crippen molar-refractivity contribution in [3.8, 4) is 0 Å². The van der Waals surface area contributed by atoms with Crippen LogP contribution in [0.5, 0.6) is 0 Å². The summed E-state index contributed by atoms with van der Waals surface area (Å²) in [7, 11) is 2.16. The Bertz CT molecular complexity index is 579. The number of fused-ring (bicyclic) bond motifs is 1. The maximum absolute atomic E-state index is 6.25. The second-order valence-electron chi connectivity index (χ2n) is 5.08. The van der Waals surface area contributed by atoms with Crippen LogP contribution in [-0.2, 0) is 0 Å². The summed E-state index contributed by atoms with van der Waals surface area (Å²) in [6.07, 6.45) is 4.02. The molecule has 0 aromatic carbocycles. The molecule has 0 amide bonds.